The van der Waals surface area contributed by atoms with E-state index in [0.717, 1.165) is 30.3 Å². The molecule has 0 spiro atoms. The van der Waals surface area contributed by atoms with Crippen LogP contribution in [0.5, 0.6) is 0 Å². The summed E-state index contributed by atoms with van der Waals surface area (Å²) in [6.45, 7) is 0.714. The molecule has 4 rings (SSSR count). The number of rotatable bonds is 6. The Morgan fingerprint density at radius 3 is 2.74 bits per heavy atom. The first-order valence-corrected chi connectivity index (χ1v) is 10.5. The van der Waals surface area contributed by atoms with Crippen LogP contribution in [-0.2, 0) is 19.3 Å². The van der Waals surface area contributed by atoms with E-state index in [2.05, 4.69) is 4.98 Å². The molecule has 0 saturated carbocycles. The van der Waals surface area contributed by atoms with E-state index < -0.39 is 17.6 Å². The summed E-state index contributed by atoms with van der Waals surface area (Å²) in [6.07, 6.45) is 4.53. The third kappa shape index (κ3) is 4.54. The molecule has 0 saturated heterocycles. The van der Waals surface area contributed by atoms with Crippen molar-refractivity contribution in [2.45, 2.75) is 31.7 Å². The molecule has 3 aromatic rings. The van der Waals surface area contributed by atoms with Gasteiger partial charge < -0.3 is 19.6 Å². The van der Waals surface area contributed by atoms with Crippen LogP contribution < -0.4 is 4.90 Å². The number of likely N-dealkylation sites (N-methyl/N-ethyl adjacent to an activating group) is 1. The Morgan fingerprint density at radius 2 is 2.03 bits per heavy atom. The SMILES string of the molecule is CN(CCc1ccc(C(=O)O)cc1)c1cn([C@H]2CCc3c(F)cc(F)cc3C2)c(=S)[nH]1. The van der Waals surface area contributed by atoms with Gasteiger partial charge in [-0.3, -0.25) is 0 Å². The lowest BCUT2D eigenvalue weighted by Crippen LogP contribution is -2.21. The number of H-pyrrole nitrogens is 1. The molecule has 0 unspecified atom stereocenters. The fraction of sp³-hybridized carbons (Fsp3) is 0.304. The zero-order chi connectivity index (χ0) is 22.1. The highest BCUT2D eigenvalue weighted by molar-refractivity contribution is 7.71. The van der Waals surface area contributed by atoms with E-state index in [-0.39, 0.29) is 11.6 Å². The third-order valence-corrected chi connectivity index (χ3v) is 6.22. The normalized spacial score (nSPS) is 15.5. The average Bonchev–Trinajstić information content (AvgIpc) is 3.13. The van der Waals surface area contributed by atoms with Crippen LogP contribution in [0, 0.1) is 16.4 Å². The van der Waals surface area contributed by atoms with Crippen molar-refractivity contribution in [2.24, 2.45) is 0 Å². The van der Waals surface area contributed by atoms with Gasteiger partial charge in [0.1, 0.15) is 17.5 Å². The number of hydrogen-bond acceptors (Lipinski definition) is 3. The highest BCUT2D eigenvalue weighted by Gasteiger charge is 2.24. The summed E-state index contributed by atoms with van der Waals surface area (Å²) < 4.78 is 30.2. The standard InChI is InChI=1S/C23H23F2N3O2S/c1-27(9-8-14-2-4-15(5-3-14)22(29)30)21-13-28(23(31)26-21)18-6-7-19-16(11-18)10-17(24)12-20(19)25/h2-5,10,12-13,18H,6-9,11H2,1H3,(H,26,31)(H,29,30)/t18-/m0/s1. The fourth-order valence-corrected chi connectivity index (χ4v) is 4.42. The van der Waals surface area contributed by atoms with Gasteiger partial charge in [-0.25, -0.2) is 13.6 Å². The number of halogens is 2. The first kappa shape index (κ1) is 21.2. The van der Waals surface area contributed by atoms with Crippen molar-refractivity contribution in [3.63, 3.8) is 0 Å². The van der Waals surface area contributed by atoms with Crippen LogP contribution in [-0.4, -0.2) is 34.2 Å². The minimum atomic E-state index is -0.937. The van der Waals surface area contributed by atoms with Crippen LogP contribution in [0.1, 0.15) is 39.5 Å². The molecule has 2 aromatic carbocycles. The molecule has 1 heterocycles. The predicted molar refractivity (Wildman–Crippen MR) is 117 cm³/mol. The molecular weight excluding hydrogens is 420 g/mol. The lowest BCUT2D eigenvalue weighted by molar-refractivity contribution is 0.0697. The number of carboxylic acids is 1. The Bertz CT molecular complexity index is 1170. The van der Waals surface area contributed by atoms with Gasteiger partial charge in [-0.2, -0.15) is 0 Å². The molecule has 5 nitrogen and oxygen atoms in total. The molecule has 1 aliphatic carbocycles. The Balaban J connectivity index is 1.44. The first-order chi connectivity index (χ1) is 14.8. The Hall–Kier alpha value is -3.00. The number of carbonyl (C=O) groups is 1. The number of nitrogens with zero attached hydrogens (tertiary/aromatic N) is 2. The van der Waals surface area contributed by atoms with E-state index in [1.165, 1.54) is 6.07 Å². The van der Waals surface area contributed by atoms with Crippen LogP contribution in [0.4, 0.5) is 14.6 Å². The number of carboxylic acid groups (broad SMARTS) is 1. The van der Waals surface area contributed by atoms with E-state index >= 15 is 0 Å². The van der Waals surface area contributed by atoms with Crippen molar-refractivity contribution >= 4 is 24.0 Å². The molecule has 0 aliphatic heterocycles. The maximum absolute atomic E-state index is 14.0. The molecular formula is C23H23F2N3O2S. The van der Waals surface area contributed by atoms with Crippen molar-refractivity contribution in [1.29, 1.82) is 0 Å². The molecule has 31 heavy (non-hydrogen) atoms. The van der Waals surface area contributed by atoms with Crippen molar-refractivity contribution < 1.29 is 18.7 Å². The van der Waals surface area contributed by atoms with Crippen molar-refractivity contribution in [3.05, 3.63) is 81.3 Å². The number of aromatic nitrogens is 2. The van der Waals surface area contributed by atoms with Crippen LogP contribution >= 0.6 is 12.2 Å². The topological polar surface area (TPSA) is 61.3 Å². The van der Waals surface area contributed by atoms with Crippen molar-refractivity contribution in [3.8, 4) is 0 Å². The summed E-state index contributed by atoms with van der Waals surface area (Å²) in [7, 11) is 1.96. The van der Waals surface area contributed by atoms with Gasteiger partial charge >= 0.3 is 5.97 Å². The molecule has 1 aromatic heterocycles. The van der Waals surface area contributed by atoms with Crippen molar-refractivity contribution in [2.75, 3.05) is 18.5 Å². The van der Waals surface area contributed by atoms with Crippen LogP contribution in [0.3, 0.4) is 0 Å². The summed E-state index contributed by atoms with van der Waals surface area (Å²) in [4.78, 5) is 16.2. The molecule has 1 aliphatic rings. The lowest BCUT2D eigenvalue weighted by Gasteiger charge is -2.26. The van der Waals surface area contributed by atoms with E-state index in [4.69, 9.17) is 17.3 Å². The van der Waals surface area contributed by atoms with Crippen molar-refractivity contribution in [1.82, 2.24) is 9.55 Å². The minimum absolute atomic E-state index is 0.0446. The zero-order valence-corrected chi connectivity index (χ0v) is 17.9. The molecule has 162 valence electrons. The highest BCUT2D eigenvalue weighted by Crippen LogP contribution is 2.32. The van der Waals surface area contributed by atoms with Crippen LogP contribution in [0.2, 0.25) is 0 Å². The van der Waals surface area contributed by atoms with Gasteiger partial charge in [-0.15, -0.1) is 0 Å². The maximum Gasteiger partial charge on any atom is 0.335 e. The van der Waals surface area contributed by atoms with Gasteiger partial charge in [0, 0.05) is 31.9 Å². The molecule has 8 heteroatoms. The van der Waals surface area contributed by atoms with Gasteiger partial charge in [0.05, 0.1) is 5.56 Å². The summed E-state index contributed by atoms with van der Waals surface area (Å²) >= 11 is 5.52. The monoisotopic (exact) mass is 443 g/mol. The zero-order valence-electron chi connectivity index (χ0n) is 17.1. The number of aromatic amines is 1. The smallest absolute Gasteiger partial charge is 0.335 e. The van der Waals surface area contributed by atoms with Gasteiger partial charge in [-0.1, -0.05) is 12.1 Å². The number of imidazole rings is 1. The second kappa shape index (κ2) is 8.63. The van der Waals surface area contributed by atoms with E-state index in [1.807, 2.05) is 34.8 Å². The lowest BCUT2D eigenvalue weighted by atomic mass is 9.87. The molecule has 0 amide bonds. The number of nitrogens with one attached hydrogen (secondary N) is 1. The third-order valence-electron chi connectivity index (χ3n) is 5.91. The number of benzene rings is 2. The predicted octanol–water partition coefficient (Wildman–Crippen LogP) is 4.93. The second-order valence-corrected chi connectivity index (χ2v) is 8.33. The maximum atomic E-state index is 14.0. The van der Waals surface area contributed by atoms with Gasteiger partial charge in [0.25, 0.3) is 0 Å². The fourth-order valence-electron chi connectivity index (χ4n) is 4.12. The first-order valence-electron chi connectivity index (χ1n) is 10.1. The summed E-state index contributed by atoms with van der Waals surface area (Å²) in [5, 5.41) is 9.00. The van der Waals surface area contributed by atoms with Gasteiger partial charge in [0.15, 0.2) is 4.77 Å². The molecule has 0 fully saturated rings. The van der Waals surface area contributed by atoms with E-state index in [9.17, 15) is 13.6 Å². The van der Waals surface area contributed by atoms with Gasteiger partial charge in [-0.05, 0) is 72.8 Å². The Kier molecular flexibility index (Phi) is 5.91. The van der Waals surface area contributed by atoms with Crippen LogP contribution in [0.15, 0.2) is 42.6 Å². The summed E-state index contributed by atoms with van der Waals surface area (Å²) in [5.41, 5.74) is 2.62. The molecule has 2 N–H and O–H groups in total. The van der Waals surface area contributed by atoms with Crippen LogP contribution in [0.25, 0.3) is 0 Å². The summed E-state index contributed by atoms with van der Waals surface area (Å²) in [5.74, 6) is -1.09. The van der Waals surface area contributed by atoms with E-state index in [1.54, 1.807) is 12.1 Å². The largest absolute Gasteiger partial charge is 0.478 e. The van der Waals surface area contributed by atoms with Gasteiger partial charge in [0.2, 0.25) is 0 Å². The Morgan fingerprint density at radius 1 is 1.29 bits per heavy atom. The summed E-state index contributed by atoms with van der Waals surface area (Å²) in [6, 6.07) is 9.27. The number of anilines is 1. The number of hydrogen-bond donors (Lipinski definition) is 2. The molecule has 0 bridgehead atoms. The average molecular weight is 444 g/mol. The molecule has 1 atom stereocenters. The minimum Gasteiger partial charge on any atom is -0.478 e. The Labute approximate surface area is 184 Å². The van der Waals surface area contributed by atoms with E-state index in [0.29, 0.717) is 35.3 Å². The highest BCUT2D eigenvalue weighted by atomic mass is 32.1. The molecule has 0 radical (unpaired) electrons. The number of fused-ring (bicyclic) bond motifs is 1. The second-order valence-electron chi connectivity index (χ2n) is 7.95. The quantitative estimate of drug-likeness (QED) is 0.531. The number of aromatic carboxylic acids is 1.